The zero-order chi connectivity index (χ0) is 15.2. The van der Waals surface area contributed by atoms with Gasteiger partial charge in [-0.3, -0.25) is 4.79 Å². The number of benzene rings is 1. The van der Waals surface area contributed by atoms with Crippen LogP contribution in [-0.4, -0.2) is 40.2 Å². The van der Waals surface area contributed by atoms with Crippen LogP contribution in [0.4, 0.5) is 0 Å². The highest BCUT2D eigenvalue weighted by molar-refractivity contribution is 7.98. The lowest BCUT2D eigenvalue weighted by molar-refractivity contribution is -0.141. The van der Waals surface area contributed by atoms with E-state index in [0.717, 1.165) is 5.39 Å². The number of rotatable bonds is 7. The molecule has 2 rings (SSSR count). The first-order valence-electron chi connectivity index (χ1n) is 6.46. The van der Waals surface area contributed by atoms with E-state index in [0.29, 0.717) is 23.5 Å². The third kappa shape index (κ3) is 3.98. The molecule has 1 atom stereocenters. The molecule has 7 heteroatoms. The van der Waals surface area contributed by atoms with Gasteiger partial charge in [-0.1, -0.05) is 17.3 Å². The summed E-state index contributed by atoms with van der Waals surface area (Å²) in [6, 6.07) is 6.36. The largest absolute Gasteiger partial charge is 0.480 e. The van der Waals surface area contributed by atoms with Crippen LogP contribution in [-0.2, 0) is 16.0 Å². The van der Waals surface area contributed by atoms with Crippen LogP contribution >= 0.6 is 11.8 Å². The van der Waals surface area contributed by atoms with Gasteiger partial charge < -0.3 is 14.9 Å². The van der Waals surface area contributed by atoms with E-state index in [2.05, 4.69) is 10.5 Å². The van der Waals surface area contributed by atoms with Crippen LogP contribution in [0, 0.1) is 0 Å². The molecule has 1 aromatic carbocycles. The first kappa shape index (κ1) is 15.4. The van der Waals surface area contributed by atoms with Gasteiger partial charge in [-0.05, 0) is 30.6 Å². The predicted molar refractivity (Wildman–Crippen MR) is 80.3 cm³/mol. The first-order valence-corrected chi connectivity index (χ1v) is 7.85. The average molecular weight is 308 g/mol. The van der Waals surface area contributed by atoms with Gasteiger partial charge in [0.25, 0.3) is 0 Å². The van der Waals surface area contributed by atoms with Crippen molar-refractivity contribution in [2.75, 3.05) is 12.0 Å². The number of amides is 1. The van der Waals surface area contributed by atoms with Crippen molar-refractivity contribution in [3.8, 4) is 0 Å². The maximum Gasteiger partial charge on any atom is 0.326 e. The molecule has 0 saturated carbocycles. The number of aliphatic carboxylic acids is 1. The highest BCUT2D eigenvalue weighted by Gasteiger charge is 2.20. The summed E-state index contributed by atoms with van der Waals surface area (Å²) < 4.78 is 5.12. The molecule has 0 aliphatic carbocycles. The van der Waals surface area contributed by atoms with Gasteiger partial charge >= 0.3 is 5.97 Å². The lowest BCUT2D eigenvalue weighted by atomic mass is 10.1. The van der Waals surface area contributed by atoms with Gasteiger partial charge in [-0.25, -0.2) is 4.79 Å². The zero-order valence-electron chi connectivity index (χ0n) is 11.5. The average Bonchev–Trinajstić information content (AvgIpc) is 2.86. The molecular weight excluding hydrogens is 292 g/mol. The number of carbonyl (C=O) groups is 2. The minimum Gasteiger partial charge on any atom is -0.480 e. The van der Waals surface area contributed by atoms with Gasteiger partial charge in [0, 0.05) is 5.39 Å². The van der Waals surface area contributed by atoms with Gasteiger partial charge in [0.2, 0.25) is 5.91 Å². The Morgan fingerprint density at radius 1 is 1.43 bits per heavy atom. The van der Waals surface area contributed by atoms with Crippen LogP contribution in [0.2, 0.25) is 0 Å². The Morgan fingerprint density at radius 2 is 2.19 bits per heavy atom. The number of carboxylic acid groups (broad SMARTS) is 1. The lowest BCUT2D eigenvalue weighted by Crippen LogP contribution is -2.41. The molecule has 0 bridgehead atoms. The van der Waals surface area contributed by atoms with Gasteiger partial charge in [-0.15, -0.1) is 0 Å². The monoisotopic (exact) mass is 308 g/mol. The van der Waals surface area contributed by atoms with E-state index in [1.165, 1.54) is 11.8 Å². The van der Waals surface area contributed by atoms with Crippen molar-refractivity contribution in [2.45, 2.75) is 18.9 Å². The molecule has 0 aliphatic heterocycles. The van der Waals surface area contributed by atoms with Gasteiger partial charge in [0.15, 0.2) is 5.58 Å². The number of thioether (sulfide) groups is 1. The van der Waals surface area contributed by atoms with Gasteiger partial charge in [0.1, 0.15) is 11.7 Å². The summed E-state index contributed by atoms with van der Waals surface area (Å²) in [5.41, 5.74) is 1.12. The fourth-order valence-corrected chi connectivity index (χ4v) is 2.43. The second kappa shape index (κ2) is 7.12. The van der Waals surface area contributed by atoms with Crippen molar-refractivity contribution in [3.63, 3.8) is 0 Å². The molecule has 1 aromatic heterocycles. The third-order valence-electron chi connectivity index (χ3n) is 3.02. The topological polar surface area (TPSA) is 92.4 Å². The van der Waals surface area contributed by atoms with Crippen LogP contribution in [0.1, 0.15) is 12.1 Å². The molecular formula is C14H16N2O4S. The van der Waals surface area contributed by atoms with Crippen LogP contribution in [0.25, 0.3) is 11.0 Å². The summed E-state index contributed by atoms with van der Waals surface area (Å²) in [4.78, 5) is 23.1. The number of hydrogen-bond acceptors (Lipinski definition) is 5. The maximum absolute atomic E-state index is 12.0. The van der Waals surface area contributed by atoms with Crippen LogP contribution < -0.4 is 5.32 Å². The number of hydrogen-bond donors (Lipinski definition) is 2. The van der Waals surface area contributed by atoms with Crippen molar-refractivity contribution in [1.29, 1.82) is 0 Å². The van der Waals surface area contributed by atoms with E-state index in [9.17, 15) is 9.59 Å². The van der Waals surface area contributed by atoms with Gasteiger partial charge in [0.05, 0.1) is 6.42 Å². The van der Waals surface area contributed by atoms with Crippen molar-refractivity contribution in [1.82, 2.24) is 10.5 Å². The quantitative estimate of drug-likeness (QED) is 0.808. The number of para-hydroxylation sites is 1. The summed E-state index contributed by atoms with van der Waals surface area (Å²) in [5, 5.41) is 16.2. The summed E-state index contributed by atoms with van der Waals surface area (Å²) in [5.74, 6) is -0.727. The smallest absolute Gasteiger partial charge is 0.326 e. The zero-order valence-corrected chi connectivity index (χ0v) is 12.4. The number of carbonyl (C=O) groups excluding carboxylic acids is 1. The standard InChI is InChI=1S/C14H16N2O4S/c1-21-7-6-10(14(18)19)15-13(17)8-11-9-4-2-3-5-12(9)20-16-11/h2-5,10H,6-8H2,1H3,(H,15,17)(H,18,19)/t10-/m0/s1. The van der Waals surface area contributed by atoms with Crippen molar-refractivity contribution < 1.29 is 19.2 Å². The molecule has 2 N–H and O–H groups in total. The third-order valence-corrected chi connectivity index (χ3v) is 3.67. The molecule has 0 spiro atoms. The summed E-state index contributed by atoms with van der Waals surface area (Å²) >= 11 is 1.54. The Kier molecular flexibility index (Phi) is 5.21. The second-order valence-corrected chi connectivity index (χ2v) is 5.53. The molecule has 2 aromatic rings. The Hall–Kier alpha value is -2.02. The minimum atomic E-state index is -1.03. The van der Waals surface area contributed by atoms with Crippen LogP contribution in [0.15, 0.2) is 28.8 Å². The molecule has 0 fully saturated rings. The van der Waals surface area contributed by atoms with E-state index in [-0.39, 0.29) is 12.3 Å². The second-order valence-electron chi connectivity index (χ2n) is 4.54. The number of nitrogens with one attached hydrogen (secondary N) is 1. The van der Waals surface area contributed by atoms with E-state index < -0.39 is 12.0 Å². The fraction of sp³-hybridized carbons (Fsp3) is 0.357. The van der Waals surface area contributed by atoms with Crippen molar-refractivity contribution in [2.24, 2.45) is 0 Å². The SMILES string of the molecule is CSCC[C@H](NC(=O)Cc1noc2ccccc12)C(=O)O. The lowest BCUT2D eigenvalue weighted by Gasteiger charge is -2.13. The molecule has 0 aliphatic rings. The number of carboxylic acids is 1. The molecule has 0 radical (unpaired) electrons. The number of nitrogens with zero attached hydrogens (tertiary/aromatic N) is 1. The molecule has 112 valence electrons. The van der Waals surface area contributed by atoms with Gasteiger partial charge in [-0.2, -0.15) is 11.8 Å². The van der Waals surface area contributed by atoms with Crippen LogP contribution in [0.3, 0.4) is 0 Å². The highest BCUT2D eigenvalue weighted by Crippen LogP contribution is 2.18. The Balaban J connectivity index is 2.02. The molecule has 0 unspecified atom stereocenters. The molecule has 0 saturated heterocycles. The Labute approximate surface area is 125 Å². The normalized spacial score (nSPS) is 12.2. The molecule has 21 heavy (non-hydrogen) atoms. The Bertz CT molecular complexity index is 641. The number of aromatic nitrogens is 1. The molecule has 1 amide bonds. The van der Waals surface area contributed by atoms with E-state index in [1.54, 1.807) is 6.07 Å². The van der Waals surface area contributed by atoms with Crippen LogP contribution in [0.5, 0.6) is 0 Å². The summed E-state index contributed by atoms with van der Waals surface area (Å²) in [7, 11) is 0. The minimum absolute atomic E-state index is 0.0000607. The van der Waals surface area contributed by atoms with Crippen molar-refractivity contribution in [3.05, 3.63) is 30.0 Å². The molecule has 6 nitrogen and oxygen atoms in total. The Morgan fingerprint density at radius 3 is 2.90 bits per heavy atom. The van der Waals surface area contributed by atoms with E-state index >= 15 is 0 Å². The fourth-order valence-electron chi connectivity index (χ4n) is 1.96. The van der Waals surface area contributed by atoms with Crippen molar-refractivity contribution >= 4 is 34.6 Å². The first-order chi connectivity index (χ1) is 10.1. The maximum atomic E-state index is 12.0. The van der Waals surface area contributed by atoms with E-state index in [1.807, 2.05) is 24.5 Å². The summed E-state index contributed by atoms with van der Waals surface area (Å²) in [6.45, 7) is 0. The highest BCUT2D eigenvalue weighted by atomic mass is 32.2. The number of fused-ring (bicyclic) bond motifs is 1. The van der Waals surface area contributed by atoms with E-state index in [4.69, 9.17) is 9.63 Å². The molecule has 1 heterocycles. The summed E-state index contributed by atoms with van der Waals surface area (Å²) in [6.07, 6.45) is 2.28. The predicted octanol–water partition coefficient (Wildman–Crippen LogP) is 1.69.